The van der Waals surface area contributed by atoms with Crippen molar-refractivity contribution < 1.29 is 4.79 Å². The van der Waals surface area contributed by atoms with E-state index in [9.17, 15) is 4.79 Å². The van der Waals surface area contributed by atoms with Crippen molar-refractivity contribution in [2.75, 3.05) is 13.1 Å². The molecule has 1 fully saturated rings. The van der Waals surface area contributed by atoms with Crippen LogP contribution in [0.3, 0.4) is 0 Å². The lowest BCUT2D eigenvalue weighted by atomic mass is 9.94. The molecule has 0 aromatic heterocycles. The zero-order valence-electron chi connectivity index (χ0n) is 7.05. The quantitative estimate of drug-likeness (QED) is 0.479. The van der Waals surface area contributed by atoms with Crippen LogP contribution in [-0.4, -0.2) is 19.0 Å². The Kier molecular flexibility index (Phi) is 3.10. The topological polar surface area (TPSA) is 81.1 Å². The first kappa shape index (κ1) is 9.06. The smallest absolute Gasteiger partial charge is 0.243 e. The highest BCUT2D eigenvalue weighted by atomic mass is 16.1. The number of amides is 1. The summed E-state index contributed by atoms with van der Waals surface area (Å²) in [4.78, 5) is 10.5. The van der Waals surface area contributed by atoms with E-state index < -0.39 is 5.91 Å². The number of carbonyl (C=O) groups is 1. The standard InChI is InChI=1S/C8H15N3O/c9-7(5-8(10)12)6-1-3-11-4-2-6/h5-6,11H,1-4,9H2,(H2,10,12). The minimum Gasteiger partial charge on any atom is -0.402 e. The summed E-state index contributed by atoms with van der Waals surface area (Å²) in [5.41, 5.74) is 11.3. The van der Waals surface area contributed by atoms with E-state index in [2.05, 4.69) is 5.32 Å². The summed E-state index contributed by atoms with van der Waals surface area (Å²) >= 11 is 0. The summed E-state index contributed by atoms with van der Waals surface area (Å²) < 4.78 is 0. The summed E-state index contributed by atoms with van der Waals surface area (Å²) in [5.74, 6) is -0.121. The van der Waals surface area contributed by atoms with E-state index >= 15 is 0 Å². The van der Waals surface area contributed by atoms with Crippen LogP contribution in [0.25, 0.3) is 0 Å². The first-order valence-electron chi connectivity index (χ1n) is 4.17. The normalized spacial score (nSPS) is 20.8. The largest absolute Gasteiger partial charge is 0.402 e. The minimum absolute atomic E-state index is 0.332. The van der Waals surface area contributed by atoms with Gasteiger partial charge < -0.3 is 16.8 Å². The zero-order valence-corrected chi connectivity index (χ0v) is 7.05. The van der Waals surface area contributed by atoms with Gasteiger partial charge in [-0.2, -0.15) is 0 Å². The van der Waals surface area contributed by atoms with Crippen LogP contribution in [-0.2, 0) is 4.79 Å². The molecule has 4 nitrogen and oxygen atoms in total. The van der Waals surface area contributed by atoms with Crippen LogP contribution < -0.4 is 16.8 Å². The molecule has 12 heavy (non-hydrogen) atoms. The number of hydrogen-bond donors (Lipinski definition) is 3. The van der Waals surface area contributed by atoms with Crippen LogP contribution in [0.5, 0.6) is 0 Å². The molecule has 0 unspecified atom stereocenters. The van der Waals surface area contributed by atoms with Crippen molar-refractivity contribution in [2.24, 2.45) is 17.4 Å². The SMILES string of the molecule is NC(=O)C=C(N)C1CCNCC1. The summed E-state index contributed by atoms with van der Waals surface area (Å²) in [7, 11) is 0. The molecule has 0 radical (unpaired) electrons. The lowest BCUT2D eigenvalue weighted by molar-refractivity contribution is -0.113. The Bertz CT molecular complexity index is 194. The fraction of sp³-hybridized carbons (Fsp3) is 0.625. The predicted molar refractivity (Wildman–Crippen MR) is 47.1 cm³/mol. The van der Waals surface area contributed by atoms with E-state index in [0.29, 0.717) is 11.6 Å². The molecule has 0 aliphatic carbocycles. The molecule has 1 amide bonds. The highest BCUT2D eigenvalue weighted by Crippen LogP contribution is 2.16. The van der Waals surface area contributed by atoms with Crippen LogP contribution in [0.4, 0.5) is 0 Å². The van der Waals surface area contributed by atoms with E-state index in [-0.39, 0.29) is 0 Å². The zero-order chi connectivity index (χ0) is 8.97. The Morgan fingerprint density at radius 3 is 2.42 bits per heavy atom. The molecular weight excluding hydrogens is 154 g/mol. The van der Waals surface area contributed by atoms with Crippen LogP contribution in [0.1, 0.15) is 12.8 Å². The molecule has 0 atom stereocenters. The summed E-state index contributed by atoms with van der Waals surface area (Å²) in [6, 6.07) is 0. The third-order valence-electron chi connectivity index (χ3n) is 2.12. The van der Waals surface area contributed by atoms with Crippen molar-refractivity contribution in [3.05, 3.63) is 11.8 Å². The van der Waals surface area contributed by atoms with Gasteiger partial charge in [-0.1, -0.05) is 0 Å². The number of nitrogens with one attached hydrogen (secondary N) is 1. The molecular formula is C8H15N3O. The molecule has 1 aliphatic rings. The maximum Gasteiger partial charge on any atom is 0.243 e. The van der Waals surface area contributed by atoms with Crippen molar-refractivity contribution in [2.45, 2.75) is 12.8 Å². The molecule has 0 aromatic carbocycles. The number of piperidine rings is 1. The molecule has 0 aromatic rings. The molecule has 4 heteroatoms. The Hall–Kier alpha value is -1.03. The van der Waals surface area contributed by atoms with Gasteiger partial charge >= 0.3 is 0 Å². The van der Waals surface area contributed by atoms with E-state index in [0.717, 1.165) is 25.9 Å². The molecule has 1 rings (SSSR count). The monoisotopic (exact) mass is 169 g/mol. The summed E-state index contributed by atoms with van der Waals surface area (Å²) in [6.07, 6.45) is 3.32. The van der Waals surface area contributed by atoms with E-state index in [4.69, 9.17) is 11.5 Å². The highest BCUT2D eigenvalue weighted by molar-refractivity contribution is 5.86. The Balaban J connectivity index is 2.49. The number of nitrogens with two attached hydrogens (primary N) is 2. The van der Waals surface area contributed by atoms with Gasteiger partial charge in [-0.3, -0.25) is 4.79 Å². The van der Waals surface area contributed by atoms with Gasteiger partial charge in [-0.15, -0.1) is 0 Å². The van der Waals surface area contributed by atoms with Gasteiger partial charge in [-0.05, 0) is 25.9 Å². The second kappa shape index (κ2) is 4.11. The van der Waals surface area contributed by atoms with Gasteiger partial charge in [0.05, 0.1) is 0 Å². The van der Waals surface area contributed by atoms with E-state index in [1.54, 1.807) is 0 Å². The Labute approximate surface area is 72.0 Å². The second-order valence-corrected chi connectivity index (χ2v) is 3.07. The van der Waals surface area contributed by atoms with Gasteiger partial charge in [0, 0.05) is 17.7 Å². The maximum atomic E-state index is 10.5. The molecule has 0 saturated carbocycles. The molecule has 68 valence electrons. The second-order valence-electron chi connectivity index (χ2n) is 3.07. The Morgan fingerprint density at radius 1 is 1.33 bits per heavy atom. The fourth-order valence-corrected chi connectivity index (χ4v) is 1.44. The summed E-state index contributed by atoms with van der Waals surface area (Å²) in [6.45, 7) is 1.94. The molecule has 1 aliphatic heterocycles. The molecule has 0 bridgehead atoms. The maximum absolute atomic E-state index is 10.5. The van der Waals surface area contributed by atoms with Gasteiger partial charge in [-0.25, -0.2) is 0 Å². The predicted octanol–water partition coefficient (Wildman–Crippen LogP) is -0.686. The van der Waals surface area contributed by atoms with Crippen LogP contribution in [0, 0.1) is 5.92 Å². The molecule has 1 saturated heterocycles. The van der Waals surface area contributed by atoms with Crippen LogP contribution in [0.15, 0.2) is 11.8 Å². The van der Waals surface area contributed by atoms with Gasteiger partial charge in [0.1, 0.15) is 0 Å². The number of primary amides is 1. The first-order valence-corrected chi connectivity index (χ1v) is 4.17. The molecule has 1 heterocycles. The fourth-order valence-electron chi connectivity index (χ4n) is 1.44. The number of hydrogen-bond acceptors (Lipinski definition) is 3. The third kappa shape index (κ3) is 2.54. The van der Waals surface area contributed by atoms with Crippen molar-refractivity contribution in [1.82, 2.24) is 5.32 Å². The minimum atomic E-state index is -0.453. The molecule has 0 spiro atoms. The average Bonchev–Trinajstić information content (AvgIpc) is 2.05. The van der Waals surface area contributed by atoms with E-state index in [1.807, 2.05) is 0 Å². The highest BCUT2D eigenvalue weighted by Gasteiger charge is 2.15. The van der Waals surface area contributed by atoms with Crippen LogP contribution >= 0.6 is 0 Å². The lowest BCUT2D eigenvalue weighted by Gasteiger charge is -2.22. The lowest BCUT2D eigenvalue weighted by Crippen LogP contribution is -2.31. The third-order valence-corrected chi connectivity index (χ3v) is 2.12. The van der Waals surface area contributed by atoms with E-state index in [1.165, 1.54) is 6.08 Å². The molecule has 5 N–H and O–H groups in total. The average molecular weight is 169 g/mol. The number of rotatable bonds is 2. The first-order chi connectivity index (χ1) is 5.70. The van der Waals surface area contributed by atoms with Gasteiger partial charge in [0.25, 0.3) is 0 Å². The van der Waals surface area contributed by atoms with Gasteiger partial charge in [0.15, 0.2) is 0 Å². The van der Waals surface area contributed by atoms with Crippen molar-refractivity contribution >= 4 is 5.91 Å². The van der Waals surface area contributed by atoms with Gasteiger partial charge in [0.2, 0.25) is 5.91 Å². The Morgan fingerprint density at radius 2 is 1.92 bits per heavy atom. The van der Waals surface area contributed by atoms with Crippen LogP contribution in [0.2, 0.25) is 0 Å². The van der Waals surface area contributed by atoms with Crippen molar-refractivity contribution in [3.63, 3.8) is 0 Å². The summed E-state index contributed by atoms with van der Waals surface area (Å²) in [5, 5.41) is 3.22. The van der Waals surface area contributed by atoms with Crippen molar-refractivity contribution in [1.29, 1.82) is 0 Å². The number of carbonyl (C=O) groups excluding carboxylic acids is 1. The number of allylic oxidation sites excluding steroid dienone is 1. The van der Waals surface area contributed by atoms with Crippen molar-refractivity contribution in [3.8, 4) is 0 Å².